The summed E-state index contributed by atoms with van der Waals surface area (Å²) in [5.74, 6) is 0.410. The summed E-state index contributed by atoms with van der Waals surface area (Å²) in [6, 6.07) is 9.74. The minimum atomic E-state index is -3.49. The van der Waals surface area contributed by atoms with Crippen LogP contribution >= 0.6 is 23.1 Å². The maximum absolute atomic E-state index is 13.1. The Hall–Kier alpha value is -1.94. The second-order valence-electron chi connectivity index (χ2n) is 5.86. The predicted molar refractivity (Wildman–Crippen MR) is 113 cm³/mol. The second-order valence-corrected chi connectivity index (χ2v) is 9.52. The van der Waals surface area contributed by atoms with E-state index in [9.17, 15) is 13.2 Å². The molecule has 2 aromatic heterocycles. The van der Waals surface area contributed by atoms with Gasteiger partial charge < -0.3 is 0 Å². The number of nitrogens with zero attached hydrogens (tertiary/aromatic N) is 2. The Morgan fingerprint density at radius 3 is 2.70 bits per heavy atom. The van der Waals surface area contributed by atoms with Gasteiger partial charge in [0.1, 0.15) is 4.83 Å². The lowest BCUT2D eigenvalue weighted by molar-refractivity contribution is 0.596. The first-order chi connectivity index (χ1) is 12.9. The number of thiophene rings is 1. The number of nitrogens with two attached hydrogens (primary N) is 1. The number of allylic oxidation sites excluding steroid dienone is 1. The van der Waals surface area contributed by atoms with Gasteiger partial charge in [-0.15, -0.1) is 17.9 Å². The Morgan fingerprint density at radius 1 is 1.30 bits per heavy atom. The van der Waals surface area contributed by atoms with E-state index in [1.165, 1.54) is 23.1 Å². The van der Waals surface area contributed by atoms with Gasteiger partial charge in [-0.1, -0.05) is 48.2 Å². The van der Waals surface area contributed by atoms with E-state index in [2.05, 4.69) is 11.6 Å². The van der Waals surface area contributed by atoms with Crippen molar-refractivity contribution in [1.29, 1.82) is 0 Å². The van der Waals surface area contributed by atoms with Gasteiger partial charge in [-0.05, 0) is 12.0 Å². The lowest BCUT2D eigenvalue weighted by atomic mass is 10.1. The Kier molecular flexibility index (Phi) is 6.15. The molecule has 0 amide bonds. The van der Waals surface area contributed by atoms with E-state index in [4.69, 9.17) is 5.14 Å². The summed E-state index contributed by atoms with van der Waals surface area (Å²) in [6.07, 6.45) is 2.04. The number of sulfonamides is 1. The van der Waals surface area contributed by atoms with Gasteiger partial charge in [0.05, 0.1) is 11.1 Å². The van der Waals surface area contributed by atoms with Gasteiger partial charge >= 0.3 is 0 Å². The van der Waals surface area contributed by atoms with E-state index in [0.717, 1.165) is 11.1 Å². The van der Waals surface area contributed by atoms with E-state index < -0.39 is 10.0 Å². The predicted octanol–water partition coefficient (Wildman–Crippen LogP) is 3.08. The van der Waals surface area contributed by atoms with Crippen LogP contribution in [0.5, 0.6) is 0 Å². The largest absolute Gasteiger partial charge is 0.283 e. The molecule has 0 saturated carbocycles. The maximum atomic E-state index is 13.1. The third-order valence-corrected chi connectivity index (χ3v) is 6.65. The minimum absolute atomic E-state index is 0.0922. The Labute approximate surface area is 165 Å². The molecule has 27 heavy (non-hydrogen) atoms. The van der Waals surface area contributed by atoms with E-state index in [1.54, 1.807) is 10.6 Å². The Morgan fingerprint density at radius 2 is 2.04 bits per heavy atom. The lowest BCUT2D eigenvalue weighted by Gasteiger charge is -2.10. The van der Waals surface area contributed by atoms with Crippen LogP contribution in [-0.2, 0) is 16.6 Å². The average molecular weight is 422 g/mol. The fraction of sp³-hybridized carbons (Fsp3) is 0.222. The van der Waals surface area contributed by atoms with E-state index >= 15 is 0 Å². The quantitative estimate of drug-likeness (QED) is 0.261. The monoisotopic (exact) mass is 421 g/mol. The van der Waals surface area contributed by atoms with Gasteiger partial charge in [0.2, 0.25) is 10.0 Å². The van der Waals surface area contributed by atoms with E-state index in [1.807, 2.05) is 35.7 Å². The summed E-state index contributed by atoms with van der Waals surface area (Å²) in [5.41, 5.74) is 1.73. The Bertz CT molecular complexity index is 1120. The third-order valence-electron chi connectivity index (χ3n) is 3.86. The number of hydrogen-bond donors (Lipinski definition) is 1. The van der Waals surface area contributed by atoms with Crippen molar-refractivity contribution < 1.29 is 8.42 Å². The van der Waals surface area contributed by atoms with E-state index in [-0.39, 0.29) is 11.3 Å². The third kappa shape index (κ3) is 4.67. The van der Waals surface area contributed by atoms with E-state index in [0.29, 0.717) is 34.1 Å². The molecule has 0 saturated heterocycles. The van der Waals surface area contributed by atoms with Crippen LogP contribution in [-0.4, -0.2) is 29.5 Å². The highest BCUT2D eigenvalue weighted by atomic mass is 32.2. The minimum Gasteiger partial charge on any atom is -0.283 e. The zero-order valence-electron chi connectivity index (χ0n) is 14.5. The molecule has 1 aromatic carbocycles. The molecule has 0 spiro atoms. The molecule has 3 rings (SSSR count). The van der Waals surface area contributed by atoms with Crippen molar-refractivity contribution in [1.82, 2.24) is 9.55 Å². The SMILES string of the molecule is C=CCn1c(SCCCS(N)(=O)=O)nc2scc(-c3ccccc3)c2c1=O. The molecule has 0 aliphatic heterocycles. The first-order valence-corrected chi connectivity index (χ1v) is 11.8. The van der Waals surface area contributed by atoms with Crippen molar-refractivity contribution in [3.8, 4) is 11.1 Å². The molecule has 0 unspecified atom stereocenters. The molecule has 6 nitrogen and oxygen atoms in total. The summed E-state index contributed by atoms with van der Waals surface area (Å²) >= 11 is 2.78. The molecule has 0 radical (unpaired) electrons. The molecule has 3 aromatic rings. The van der Waals surface area contributed by atoms with Crippen molar-refractivity contribution in [3.05, 3.63) is 58.7 Å². The van der Waals surface area contributed by atoms with Crippen LogP contribution in [0.4, 0.5) is 0 Å². The summed E-state index contributed by atoms with van der Waals surface area (Å²) in [4.78, 5) is 18.5. The number of benzene rings is 1. The van der Waals surface area contributed by atoms with Gasteiger partial charge in [0.25, 0.3) is 5.56 Å². The van der Waals surface area contributed by atoms with Crippen molar-refractivity contribution in [2.75, 3.05) is 11.5 Å². The van der Waals surface area contributed by atoms with Gasteiger partial charge in [-0.2, -0.15) is 0 Å². The van der Waals surface area contributed by atoms with Gasteiger partial charge in [0.15, 0.2) is 5.16 Å². The number of fused-ring (bicyclic) bond motifs is 1. The zero-order chi connectivity index (χ0) is 19.4. The van der Waals surface area contributed by atoms with Crippen LogP contribution in [0.3, 0.4) is 0 Å². The fourth-order valence-electron chi connectivity index (χ4n) is 2.66. The van der Waals surface area contributed by atoms with Gasteiger partial charge in [0, 0.05) is 23.2 Å². The molecule has 0 atom stereocenters. The molecule has 2 heterocycles. The number of primary sulfonamides is 1. The summed E-state index contributed by atoms with van der Waals surface area (Å²) in [7, 11) is -3.49. The molecule has 0 fully saturated rings. The highest BCUT2D eigenvalue weighted by Crippen LogP contribution is 2.32. The van der Waals surface area contributed by atoms with Crippen molar-refractivity contribution in [2.24, 2.45) is 5.14 Å². The molecule has 9 heteroatoms. The van der Waals surface area contributed by atoms with Crippen LogP contribution in [0, 0.1) is 0 Å². The standard InChI is InChI=1S/C18H19N3O3S3/c1-2-9-21-17(22)15-14(13-7-4-3-5-8-13)12-26-16(15)20-18(21)25-10-6-11-27(19,23)24/h2-5,7-8,12H,1,6,9-11H2,(H2,19,23,24). The number of aromatic nitrogens is 2. The molecular weight excluding hydrogens is 402 g/mol. The zero-order valence-corrected chi connectivity index (χ0v) is 16.9. The summed E-state index contributed by atoms with van der Waals surface area (Å²) in [6.45, 7) is 4.06. The van der Waals surface area contributed by atoms with Crippen molar-refractivity contribution in [3.63, 3.8) is 0 Å². The van der Waals surface area contributed by atoms with Crippen LogP contribution in [0.15, 0.2) is 58.3 Å². The molecule has 0 aliphatic rings. The highest BCUT2D eigenvalue weighted by Gasteiger charge is 2.17. The normalized spacial score (nSPS) is 11.7. The number of thioether (sulfide) groups is 1. The van der Waals surface area contributed by atoms with Crippen molar-refractivity contribution in [2.45, 2.75) is 18.1 Å². The highest BCUT2D eigenvalue weighted by molar-refractivity contribution is 7.99. The smallest absolute Gasteiger partial charge is 0.263 e. The molecule has 2 N–H and O–H groups in total. The maximum Gasteiger partial charge on any atom is 0.263 e. The topological polar surface area (TPSA) is 95.1 Å². The number of hydrogen-bond acceptors (Lipinski definition) is 6. The average Bonchev–Trinajstić information content (AvgIpc) is 3.06. The van der Waals surface area contributed by atoms with Gasteiger partial charge in [-0.25, -0.2) is 18.5 Å². The van der Waals surface area contributed by atoms with Crippen molar-refractivity contribution >= 4 is 43.3 Å². The van der Waals surface area contributed by atoms with Gasteiger partial charge in [-0.3, -0.25) is 9.36 Å². The van der Waals surface area contributed by atoms with Crippen LogP contribution in [0.1, 0.15) is 6.42 Å². The first kappa shape index (κ1) is 19.8. The molecule has 0 bridgehead atoms. The first-order valence-electron chi connectivity index (χ1n) is 8.22. The molecule has 0 aliphatic carbocycles. The van der Waals surface area contributed by atoms with Crippen LogP contribution in [0.2, 0.25) is 0 Å². The lowest BCUT2D eigenvalue weighted by Crippen LogP contribution is -2.23. The van der Waals surface area contributed by atoms with Crippen LogP contribution in [0.25, 0.3) is 21.3 Å². The molecule has 142 valence electrons. The summed E-state index contributed by atoms with van der Waals surface area (Å²) < 4.78 is 23.7. The summed E-state index contributed by atoms with van der Waals surface area (Å²) in [5, 5.41) is 8.13. The second kappa shape index (κ2) is 8.39. The fourth-order valence-corrected chi connectivity index (χ4v) is 5.33. The van der Waals surface area contributed by atoms with Crippen LogP contribution < -0.4 is 10.7 Å². The molecular formula is C18H19N3O3S3. The Balaban J connectivity index is 1.99. The number of rotatable bonds is 8.